The Morgan fingerprint density at radius 3 is 2.81 bits per heavy atom. The lowest BCUT2D eigenvalue weighted by molar-refractivity contribution is 0.0955. The molecule has 0 unspecified atom stereocenters. The highest BCUT2D eigenvalue weighted by Gasteiger charge is 2.19. The van der Waals surface area contributed by atoms with Gasteiger partial charge in [0.05, 0.1) is 16.3 Å². The average molecular weight is 303 g/mol. The second-order valence-corrected chi connectivity index (χ2v) is 5.76. The maximum absolute atomic E-state index is 12.1. The van der Waals surface area contributed by atoms with Gasteiger partial charge in [0, 0.05) is 0 Å². The summed E-state index contributed by atoms with van der Waals surface area (Å²) < 4.78 is 0. The summed E-state index contributed by atoms with van der Waals surface area (Å²) in [6.07, 6.45) is 3.93. The van der Waals surface area contributed by atoms with Gasteiger partial charge in [-0.1, -0.05) is 42.0 Å². The standard InChI is InChI=1S/C17H19ClN2O/c1-11(2)13-9-8-12(3)16(10-13)19-20-17(21)14-6-4-5-7-15(14)18/h4-8,13H,1,9-10H2,2-3H3,(H,20,21)/b19-16-/t13-/m0/s1. The molecule has 0 bridgehead atoms. The van der Waals surface area contributed by atoms with E-state index < -0.39 is 0 Å². The lowest BCUT2D eigenvalue weighted by Gasteiger charge is -2.22. The van der Waals surface area contributed by atoms with E-state index in [1.165, 1.54) is 0 Å². The summed E-state index contributed by atoms with van der Waals surface area (Å²) in [6, 6.07) is 6.93. The second-order valence-electron chi connectivity index (χ2n) is 5.35. The molecule has 1 aromatic rings. The Labute approximate surface area is 130 Å². The maximum atomic E-state index is 12.1. The fourth-order valence-corrected chi connectivity index (χ4v) is 2.47. The minimum Gasteiger partial charge on any atom is -0.267 e. The minimum absolute atomic E-state index is 0.293. The van der Waals surface area contributed by atoms with Crippen LogP contribution in [-0.4, -0.2) is 11.6 Å². The van der Waals surface area contributed by atoms with Crippen LogP contribution in [0.5, 0.6) is 0 Å². The van der Waals surface area contributed by atoms with Crippen LogP contribution in [0, 0.1) is 5.92 Å². The van der Waals surface area contributed by atoms with E-state index >= 15 is 0 Å². The number of rotatable bonds is 3. The molecule has 3 nitrogen and oxygen atoms in total. The summed E-state index contributed by atoms with van der Waals surface area (Å²) in [5.74, 6) is 0.100. The Morgan fingerprint density at radius 1 is 1.43 bits per heavy atom. The molecule has 1 atom stereocenters. The monoisotopic (exact) mass is 302 g/mol. The fraction of sp³-hybridized carbons (Fsp3) is 0.294. The van der Waals surface area contributed by atoms with E-state index in [1.807, 2.05) is 13.8 Å². The van der Waals surface area contributed by atoms with E-state index in [0.29, 0.717) is 16.5 Å². The van der Waals surface area contributed by atoms with E-state index in [-0.39, 0.29) is 5.91 Å². The van der Waals surface area contributed by atoms with Gasteiger partial charge in [-0.2, -0.15) is 5.10 Å². The molecule has 1 aliphatic carbocycles. The molecule has 0 radical (unpaired) electrons. The molecule has 2 rings (SSSR count). The molecular formula is C17H19ClN2O. The Balaban J connectivity index is 2.12. The number of nitrogens with zero attached hydrogens (tertiary/aromatic N) is 1. The number of carbonyl (C=O) groups excluding carboxylic acids is 1. The highest BCUT2D eigenvalue weighted by Crippen LogP contribution is 2.26. The normalized spacial score (nSPS) is 20.0. The van der Waals surface area contributed by atoms with Gasteiger partial charge < -0.3 is 0 Å². The first-order chi connectivity index (χ1) is 9.99. The summed E-state index contributed by atoms with van der Waals surface area (Å²) in [5.41, 5.74) is 6.17. The fourth-order valence-electron chi connectivity index (χ4n) is 2.25. The third kappa shape index (κ3) is 3.82. The Bertz CT molecular complexity index is 631. The zero-order valence-corrected chi connectivity index (χ0v) is 13.1. The number of amides is 1. The van der Waals surface area contributed by atoms with Crippen LogP contribution in [0.4, 0.5) is 0 Å². The second kappa shape index (κ2) is 6.72. The molecule has 0 heterocycles. The van der Waals surface area contributed by atoms with E-state index in [4.69, 9.17) is 11.6 Å². The Morgan fingerprint density at radius 2 is 2.14 bits per heavy atom. The number of nitrogens with one attached hydrogen (secondary N) is 1. The summed E-state index contributed by atoms with van der Waals surface area (Å²) in [4.78, 5) is 12.1. The van der Waals surface area contributed by atoms with E-state index in [2.05, 4.69) is 23.2 Å². The molecule has 21 heavy (non-hydrogen) atoms. The zero-order valence-electron chi connectivity index (χ0n) is 12.3. The number of halogens is 1. The van der Waals surface area contributed by atoms with Gasteiger partial charge in [0.15, 0.2) is 0 Å². The van der Waals surface area contributed by atoms with Crippen LogP contribution >= 0.6 is 11.6 Å². The van der Waals surface area contributed by atoms with Gasteiger partial charge in [-0.3, -0.25) is 4.79 Å². The van der Waals surface area contributed by atoms with Crippen molar-refractivity contribution in [2.45, 2.75) is 26.7 Å². The molecule has 1 aliphatic rings. The van der Waals surface area contributed by atoms with Crippen molar-refractivity contribution in [3.05, 3.63) is 58.7 Å². The number of hydrogen-bond donors (Lipinski definition) is 1. The lowest BCUT2D eigenvalue weighted by atomic mass is 9.85. The largest absolute Gasteiger partial charge is 0.272 e. The first kappa shape index (κ1) is 15.5. The molecule has 0 aliphatic heterocycles. The third-order valence-corrected chi connectivity index (χ3v) is 4.04. The van der Waals surface area contributed by atoms with Crippen LogP contribution in [0.1, 0.15) is 37.0 Å². The molecule has 4 heteroatoms. The number of benzene rings is 1. The van der Waals surface area contributed by atoms with Crippen molar-refractivity contribution in [2.24, 2.45) is 11.0 Å². The van der Waals surface area contributed by atoms with Crippen molar-refractivity contribution in [3.8, 4) is 0 Å². The highest BCUT2D eigenvalue weighted by atomic mass is 35.5. The predicted molar refractivity (Wildman–Crippen MR) is 87.6 cm³/mol. The lowest BCUT2D eigenvalue weighted by Crippen LogP contribution is -2.23. The summed E-state index contributed by atoms with van der Waals surface area (Å²) in [6.45, 7) is 8.04. The molecule has 0 saturated heterocycles. The molecule has 0 fully saturated rings. The van der Waals surface area contributed by atoms with Gasteiger partial charge >= 0.3 is 0 Å². The molecule has 1 N–H and O–H groups in total. The van der Waals surface area contributed by atoms with Crippen LogP contribution in [0.25, 0.3) is 0 Å². The Kier molecular flexibility index (Phi) is 4.97. The maximum Gasteiger partial charge on any atom is 0.272 e. The quantitative estimate of drug-likeness (QED) is 0.654. The van der Waals surface area contributed by atoms with Crippen LogP contribution in [0.2, 0.25) is 5.02 Å². The van der Waals surface area contributed by atoms with Gasteiger partial charge in [-0.05, 0) is 50.3 Å². The molecule has 0 saturated carbocycles. The molecule has 110 valence electrons. The van der Waals surface area contributed by atoms with Crippen LogP contribution in [0.15, 0.2) is 53.2 Å². The number of hydrogen-bond acceptors (Lipinski definition) is 2. The van der Waals surface area contributed by atoms with E-state index in [9.17, 15) is 4.79 Å². The average Bonchev–Trinajstić information content (AvgIpc) is 2.46. The highest BCUT2D eigenvalue weighted by molar-refractivity contribution is 6.33. The van der Waals surface area contributed by atoms with Gasteiger partial charge in [0.25, 0.3) is 5.91 Å². The van der Waals surface area contributed by atoms with Gasteiger partial charge in [-0.15, -0.1) is 0 Å². The summed E-state index contributed by atoms with van der Waals surface area (Å²) in [7, 11) is 0. The first-order valence-corrected chi connectivity index (χ1v) is 7.30. The SMILES string of the molecule is C=C(C)[C@H]1CC=C(C)/C(=N\NC(=O)c2ccccc2Cl)C1. The first-order valence-electron chi connectivity index (χ1n) is 6.93. The van der Waals surface area contributed by atoms with Crippen molar-refractivity contribution >= 4 is 23.2 Å². The van der Waals surface area contributed by atoms with Crippen LogP contribution < -0.4 is 5.43 Å². The van der Waals surface area contributed by atoms with Crippen molar-refractivity contribution in [3.63, 3.8) is 0 Å². The van der Waals surface area contributed by atoms with Crippen LogP contribution in [0.3, 0.4) is 0 Å². The summed E-state index contributed by atoms with van der Waals surface area (Å²) >= 11 is 6.00. The van der Waals surface area contributed by atoms with Crippen LogP contribution in [-0.2, 0) is 0 Å². The zero-order chi connectivity index (χ0) is 15.4. The molecule has 1 amide bonds. The van der Waals surface area contributed by atoms with Crippen molar-refractivity contribution in [2.75, 3.05) is 0 Å². The Hall–Kier alpha value is -1.87. The predicted octanol–water partition coefficient (Wildman–Crippen LogP) is 4.36. The number of allylic oxidation sites excluding steroid dienone is 3. The van der Waals surface area contributed by atoms with Gasteiger partial charge in [-0.25, -0.2) is 5.43 Å². The minimum atomic E-state index is -0.293. The van der Waals surface area contributed by atoms with E-state index in [1.54, 1.807) is 24.3 Å². The number of hydrazone groups is 1. The molecule has 0 spiro atoms. The molecular weight excluding hydrogens is 284 g/mol. The smallest absolute Gasteiger partial charge is 0.267 e. The summed E-state index contributed by atoms with van der Waals surface area (Å²) in [5, 5.41) is 4.69. The van der Waals surface area contributed by atoms with Crippen molar-refractivity contribution < 1.29 is 4.79 Å². The topological polar surface area (TPSA) is 41.5 Å². The number of carbonyl (C=O) groups is 1. The molecule has 0 aromatic heterocycles. The van der Waals surface area contributed by atoms with E-state index in [0.717, 1.165) is 29.7 Å². The van der Waals surface area contributed by atoms with Crippen molar-refractivity contribution in [1.29, 1.82) is 0 Å². The van der Waals surface area contributed by atoms with Gasteiger partial charge in [0.1, 0.15) is 0 Å². The molecule has 1 aromatic carbocycles. The third-order valence-electron chi connectivity index (χ3n) is 3.71. The van der Waals surface area contributed by atoms with Crippen molar-refractivity contribution in [1.82, 2.24) is 5.43 Å². The van der Waals surface area contributed by atoms with Gasteiger partial charge in [0.2, 0.25) is 0 Å².